The number of anilines is 2. The van der Waals surface area contributed by atoms with Crippen LogP contribution in [0.3, 0.4) is 0 Å². The molecule has 0 spiro atoms. The van der Waals surface area contributed by atoms with Crippen LogP contribution in [0.1, 0.15) is 19.8 Å². The average molecular weight is 237 g/mol. The maximum Gasteiger partial charge on any atom is 0.276 e. The molecule has 1 fully saturated rings. The Hall–Kier alpha value is -2.05. The lowest BCUT2D eigenvalue weighted by Gasteiger charge is -2.14. The van der Waals surface area contributed by atoms with Gasteiger partial charge >= 0.3 is 0 Å². The summed E-state index contributed by atoms with van der Waals surface area (Å²) in [5.41, 5.74) is 5.11. The maximum atomic E-state index is 11.7. The molecule has 1 amide bonds. The van der Waals surface area contributed by atoms with Crippen molar-refractivity contribution in [3.05, 3.63) is 16.7 Å². The molecule has 1 saturated carbocycles. The Morgan fingerprint density at radius 1 is 1.65 bits per heavy atom. The largest absolute Gasteiger partial charge is 0.391 e. The molecule has 1 atom stereocenters. The first-order valence-corrected chi connectivity index (χ1v) is 5.48. The summed E-state index contributed by atoms with van der Waals surface area (Å²) >= 11 is 0. The molecule has 0 bridgehead atoms. The van der Waals surface area contributed by atoms with Gasteiger partial charge in [0.25, 0.3) is 5.56 Å². The van der Waals surface area contributed by atoms with Crippen LogP contribution in [-0.4, -0.2) is 28.0 Å². The minimum atomic E-state index is -0.479. The van der Waals surface area contributed by atoms with E-state index in [0.717, 1.165) is 12.8 Å². The molecular formula is C10H15N5O2. The van der Waals surface area contributed by atoms with E-state index in [0.29, 0.717) is 6.04 Å². The molecule has 7 heteroatoms. The van der Waals surface area contributed by atoms with Crippen LogP contribution in [0.15, 0.2) is 11.1 Å². The van der Waals surface area contributed by atoms with Gasteiger partial charge < -0.3 is 21.4 Å². The highest BCUT2D eigenvalue weighted by atomic mass is 16.2. The molecule has 1 aromatic rings. The minimum absolute atomic E-state index is 0.0152. The van der Waals surface area contributed by atoms with E-state index in [9.17, 15) is 9.59 Å². The number of nitrogen functional groups attached to an aromatic ring is 1. The van der Waals surface area contributed by atoms with Crippen molar-refractivity contribution in [2.75, 3.05) is 11.1 Å². The first-order chi connectivity index (χ1) is 8.08. The third kappa shape index (κ3) is 2.74. The van der Waals surface area contributed by atoms with E-state index in [1.54, 1.807) is 6.92 Å². The average Bonchev–Trinajstić information content (AvgIpc) is 3.08. The molecule has 0 radical (unpaired) electrons. The Balaban J connectivity index is 2.01. The van der Waals surface area contributed by atoms with Crippen LogP contribution in [0.5, 0.6) is 0 Å². The monoisotopic (exact) mass is 237 g/mol. The number of amides is 1. The van der Waals surface area contributed by atoms with Gasteiger partial charge in [0, 0.05) is 6.04 Å². The van der Waals surface area contributed by atoms with Gasteiger partial charge in [-0.15, -0.1) is 0 Å². The summed E-state index contributed by atoms with van der Waals surface area (Å²) in [6, 6.07) is -0.177. The quantitative estimate of drug-likeness (QED) is 0.560. The molecule has 0 saturated heterocycles. The van der Waals surface area contributed by atoms with Crippen molar-refractivity contribution in [2.24, 2.45) is 0 Å². The predicted octanol–water partition coefficient (Wildman–Crippen LogP) is -0.569. The van der Waals surface area contributed by atoms with Crippen molar-refractivity contribution < 1.29 is 4.79 Å². The second kappa shape index (κ2) is 4.44. The number of nitrogens with zero attached hydrogens (tertiary/aromatic N) is 1. The molecule has 1 aromatic heterocycles. The zero-order chi connectivity index (χ0) is 12.4. The van der Waals surface area contributed by atoms with Crippen molar-refractivity contribution in [1.82, 2.24) is 15.3 Å². The van der Waals surface area contributed by atoms with Crippen LogP contribution in [0.2, 0.25) is 0 Å². The summed E-state index contributed by atoms with van der Waals surface area (Å²) < 4.78 is 0. The van der Waals surface area contributed by atoms with Gasteiger partial charge in [0.2, 0.25) is 5.91 Å². The minimum Gasteiger partial charge on any atom is -0.391 e. The van der Waals surface area contributed by atoms with Crippen LogP contribution < -0.4 is 21.9 Å². The van der Waals surface area contributed by atoms with Crippen LogP contribution >= 0.6 is 0 Å². The first kappa shape index (κ1) is 11.4. The van der Waals surface area contributed by atoms with Gasteiger partial charge in [-0.2, -0.15) is 0 Å². The van der Waals surface area contributed by atoms with E-state index in [1.165, 1.54) is 6.33 Å². The fraction of sp³-hybridized carbons (Fsp3) is 0.500. The number of carbonyl (C=O) groups excluding carboxylic acids is 1. The lowest BCUT2D eigenvalue weighted by atomic mass is 10.3. The lowest BCUT2D eigenvalue weighted by Crippen LogP contribution is -2.39. The molecular weight excluding hydrogens is 222 g/mol. The van der Waals surface area contributed by atoms with Gasteiger partial charge in [0.15, 0.2) is 5.82 Å². The number of carbonyl (C=O) groups is 1. The molecule has 5 N–H and O–H groups in total. The van der Waals surface area contributed by atoms with E-state index in [1.807, 2.05) is 0 Å². The zero-order valence-corrected chi connectivity index (χ0v) is 9.49. The lowest BCUT2D eigenvalue weighted by molar-refractivity contribution is -0.121. The normalized spacial score (nSPS) is 16.3. The molecule has 7 nitrogen and oxygen atoms in total. The topological polar surface area (TPSA) is 113 Å². The molecule has 2 rings (SSSR count). The van der Waals surface area contributed by atoms with E-state index >= 15 is 0 Å². The molecule has 1 heterocycles. The van der Waals surface area contributed by atoms with Gasteiger partial charge in [0.05, 0.1) is 6.33 Å². The number of hydrogen-bond donors (Lipinski definition) is 4. The summed E-state index contributed by atoms with van der Waals surface area (Å²) in [5, 5.41) is 5.67. The van der Waals surface area contributed by atoms with Gasteiger partial charge in [-0.05, 0) is 19.8 Å². The van der Waals surface area contributed by atoms with Crippen molar-refractivity contribution in [2.45, 2.75) is 31.8 Å². The van der Waals surface area contributed by atoms with Gasteiger partial charge in [-0.1, -0.05) is 0 Å². The SMILES string of the molecule is CC(Nc1nc[nH]c(=O)c1N)C(=O)NC1CC1. The number of hydrogen-bond acceptors (Lipinski definition) is 5. The summed E-state index contributed by atoms with van der Waals surface area (Å²) in [6.45, 7) is 1.69. The van der Waals surface area contributed by atoms with E-state index in [-0.39, 0.29) is 17.4 Å². The van der Waals surface area contributed by atoms with Crippen LogP contribution in [0.25, 0.3) is 0 Å². The Bertz CT molecular complexity index is 480. The second-order valence-corrected chi connectivity index (χ2v) is 4.14. The van der Waals surface area contributed by atoms with Crippen molar-refractivity contribution in [1.29, 1.82) is 0 Å². The molecule has 1 aliphatic carbocycles. The standard InChI is InChI=1S/C10H15N5O2/c1-5(9(16)15-6-2-3-6)14-8-7(11)10(17)13-4-12-8/h4-6H,2-3,11H2,1H3,(H,15,16)(H2,12,13,14,17). The summed E-state index contributed by atoms with van der Waals surface area (Å²) in [6.07, 6.45) is 3.31. The van der Waals surface area contributed by atoms with Gasteiger partial charge in [-0.3, -0.25) is 9.59 Å². The van der Waals surface area contributed by atoms with Crippen LogP contribution in [-0.2, 0) is 4.79 Å². The van der Waals surface area contributed by atoms with E-state index in [4.69, 9.17) is 5.73 Å². The van der Waals surface area contributed by atoms with E-state index < -0.39 is 11.6 Å². The Kier molecular flexibility index (Phi) is 2.99. The van der Waals surface area contributed by atoms with Crippen LogP contribution in [0, 0.1) is 0 Å². The fourth-order valence-corrected chi connectivity index (χ4v) is 1.35. The van der Waals surface area contributed by atoms with Crippen molar-refractivity contribution in [3.8, 4) is 0 Å². The zero-order valence-electron chi connectivity index (χ0n) is 9.49. The van der Waals surface area contributed by atoms with Gasteiger partial charge in [0.1, 0.15) is 11.7 Å². The Labute approximate surface area is 97.8 Å². The molecule has 0 aromatic carbocycles. The predicted molar refractivity (Wildman–Crippen MR) is 63.5 cm³/mol. The first-order valence-electron chi connectivity index (χ1n) is 5.48. The number of aromatic nitrogens is 2. The molecule has 92 valence electrons. The number of rotatable bonds is 4. The highest BCUT2D eigenvalue weighted by Crippen LogP contribution is 2.19. The fourth-order valence-electron chi connectivity index (χ4n) is 1.35. The summed E-state index contributed by atoms with van der Waals surface area (Å²) in [4.78, 5) is 29.1. The number of nitrogens with two attached hydrogens (primary N) is 1. The molecule has 17 heavy (non-hydrogen) atoms. The third-order valence-electron chi connectivity index (χ3n) is 2.56. The van der Waals surface area contributed by atoms with Crippen LogP contribution in [0.4, 0.5) is 11.5 Å². The Morgan fingerprint density at radius 2 is 2.35 bits per heavy atom. The third-order valence-corrected chi connectivity index (χ3v) is 2.56. The maximum absolute atomic E-state index is 11.7. The number of nitrogens with one attached hydrogen (secondary N) is 3. The molecule has 0 aliphatic heterocycles. The highest BCUT2D eigenvalue weighted by molar-refractivity contribution is 5.85. The summed E-state index contributed by atoms with van der Waals surface area (Å²) in [7, 11) is 0. The molecule has 1 unspecified atom stereocenters. The summed E-state index contributed by atoms with van der Waals surface area (Å²) in [5.74, 6) is 0.112. The smallest absolute Gasteiger partial charge is 0.276 e. The van der Waals surface area contributed by atoms with Crippen molar-refractivity contribution >= 4 is 17.4 Å². The van der Waals surface area contributed by atoms with Crippen molar-refractivity contribution in [3.63, 3.8) is 0 Å². The Morgan fingerprint density at radius 3 is 3.00 bits per heavy atom. The second-order valence-electron chi connectivity index (χ2n) is 4.14. The highest BCUT2D eigenvalue weighted by Gasteiger charge is 2.25. The molecule has 1 aliphatic rings. The number of H-pyrrole nitrogens is 1. The number of aromatic amines is 1. The van der Waals surface area contributed by atoms with E-state index in [2.05, 4.69) is 20.6 Å². The van der Waals surface area contributed by atoms with Gasteiger partial charge in [-0.25, -0.2) is 4.98 Å².